The van der Waals surface area contributed by atoms with Crippen molar-refractivity contribution in [1.82, 2.24) is 10.2 Å². The third-order valence-corrected chi connectivity index (χ3v) is 5.28. The molecule has 0 radical (unpaired) electrons. The molecule has 0 bridgehead atoms. The first-order valence-electron chi connectivity index (χ1n) is 8.81. The lowest BCUT2D eigenvalue weighted by Gasteiger charge is -2.36. The van der Waals surface area contributed by atoms with Gasteiger partial charge < -0.3 is 10.2 Å². The highest BCUT2D eigenvalue weighted by Gasteiger charge is 2.39. The van der Waals surface area contributed by atoms with E-state index in [4.69, 9.17) is 0 Å². The lowest BCUT2D eigenvalue weighted by atomic mass is 9.91. The lowest BCUT2D eigenvalue weighted by Crippen LogP contribution is -2.45. The Labute approximate surface area is 129 Å². The Morgan fingerprint density at radius 2 is 2.10 bits per heavy atom. The van der Waals surface area contributed by atoms with Crippen LogP contribution in [-0.4, -0.2) is 36.6 Å². The molecule has 3 rings (SSSR count). The van der Waals surface area contributed by atoms with Gasteiger partial charge in [-0.25, -0.2) is 0 Å². The highest BCUT2D eigenvalue weighted by molar-refractivity contribution is 5.27. The lowest BCUT2D eigenvalue weighted by molar-refractivity contribution is 0.150. The molecule has 0 amide bonds. The van der Waals surface area contributed by atoms with E-state index < -0.39 is 0 Å². The van der Waals surface area contributed by atoms with Gasteiger partial charge in [0.25, 0.3) is 0 Å². The van der Waals surface area contributed by atoms with Gasteiger partial charge in [-0.3, -0.25) is 0 Å². The molecule has 1 aliphatic heterocycles. The maximum absolute atomic E-state index is 3.91. The molecule has 4 unspecified atom stereocenters. The van der Waals surface area contributed by atoms with Crippen molar-refractivity contribution in [3.05, 3.63) is 35.9 Å². The summed E-state index contributed by atoms with van der Waals surface area (Å²) in [5.74, 6) is 1.59. The Balaban J connectivity index is 1.48. The van der Waals surface area contributed by atoms with Crippen molar-refractivity contribution in [3.63, 3.8) is 0 Å². The summed E-state index contributed by atoms with van der Waals surface area (Å²) >= 11 is 0. The molecule has 1 heterocycles. The number of piperidine rings is 1. The van der Waals surface area contributed by atoms with E-state index in [0.29, 0.717) is 12.1 Å². The van der Waals surface area contributed by atoms with E-state index >= 15 is 0 Å². The van der Waals surface area contributed by atoms with Crippen molar-refractivity contribution < 1.29 is 0 Å². The fourth-order valence-electron chi connectivity index (χ4n) is 3.94. The number of likely N-dealkylation sites (tertiary alicyclic amines) is 1. The average molecular weight is 286 g/mol. The van der Waals surface area contributed by atoms with Gasteiger partial charge in [0, 0.05) is 24.5 Å². The zero-order chi connectivity index (χ0) is 14.7. The van der Waals surface area contributed by atoms with Crippen LogP contribution in [0.4, 0.5) is 0 Å². The predicted molar refractivity (Wildman–Crippen MR) is 89.6 cm³/mol. The molecule has 2 heteroatoms. The first kappa shape index (κ1) is 15.1. The summed E-state index contributed by atoms with van der Waals surface area (Å²) in [6.07, 6.45) is 5.38. The third kappa shape index (κ3) is 3.87. The van der Waals surface area contributed by atoms with Crippen molar-refractivity contribution >= 4 is 0 Å². The predicted octanol–water partition coefficient (Wildman–Crippen LogP) is 3.64. The molecular formula is C19H30N2. The van der Waals surface area contributed by atoms with Crippen molar-refractivity contribution in [2.45, 2.75) is 57.5 Å². The zero-order valence-electron chi connectivity index (χ0n) is 13.6. The Kier molecular flexibility index (Phi) is 4.97. The highest BCUT2D eigenvalue weighted by Crippen LogP contribution is 2.41. The van der Waals surface area contributed by atoms with Crippen LogP contribution in [0.25, 0.3) is 0 Å². The minimum absolute atomic E-state index is 0.656. The van der Waals surface area contributed by atoms with Crippen LogP contribution in [0, 0.1) is 5.92 Å². The maximum atomic E-state index is 3.91. The van der Waals surface area contributed by atoms with Crippen LogP contribution in [0.15, 0.2) is 30.3 Å². The standard InChI is InChI=1S/C19H30N2/c1-3-11-21-12-7-10-17(14-21)15(2)20-19-13-18(19)16-8-5-4-6-9-16/h4-6,8-9,15,17-20H,3,7,10-14H2,1-2H3. The molecule has 0 aromatic heterocycles. The number of hydrogen-bond donors (Lipinski definition) is 1. The first-order valence-corrected chi connectivity index (χ1v) is 8.81. The Hall–Kier alpha value is -0.860. The summed E-state index contributed by atoms with van der Waals surface area (Å²) in [7, 11) is 0. The van der Waals surface area contributed by atoms with Gasteiger partial charge in [-0.15, -0.1) is 0 Å². The molecule has 2 aliphatic rings. The molecule has 1 N–H and O–H groups in total. The minimum Gasteiger partial charge on any atom is -0.311 e. The smallest absolute Gasteiger partial charge is 0.0145 e. The van der Waals surface area contributed by atoms with E-state index in [1.165, 1.54) is 50.9 Å². The second-order valence-electron chi connectivity index (χ2n) is 7.02. The molecule has 2 fully saturated rings. The number of benzene rings is 1. The van der Waals surface area contributed by atoms with Crippen molar-refractivity contribution in [2.24, 2.45) is 5.92 Å². The van der Waals surface area contributed by atoms with Crippen LogP contribution in [-0.2, 0) is 0 Å². The van der Waals surface area contributed by atoms with Crippen LogP contribution in [0.3, 0.4) is 0 Å². The van der Waals surface area contributed by atoms with Crippen molar-refractivity contribution in [2.75, 3.05) is 19.6 Å². The van der Waals surface area contributed by atoms with Crippen LogP contribution < -0.4 is 5.32 Å². The van der Waals surface area contributed by atoms with E-state index in [9.17, 15) is 0 Å². The summed E-state index contributed by atoms with van der Waals surface area (Å²) in [5.41, 5.74) is 1.51. The Morgan fingerprint density at radius 3 is 2.86 bits per heavy atom. The fraction of sp³-hybridized carbons (Fsp3) is 0.684. The van der Waals surface area contributed by atoms with Gasteiger partial charge >= 0.3 is 0 Å². The Morgan fingerprint density at radius 1 is 1.29 bits per heavy atom. The summed E-state index contributed by atoms with van der Waals surface area (Å²) in [5, 5.41) is 3.91. The molecular weight excluding hydrogens is 256 g/mol. The molecule has 21 heavy (non-hydrogen) atoms. The van der Waals surface area contributed by atoms with E-state index in [0.717, 1.165) is 11.8 Å². The quantitative estimate of drug-likeness (QED) is 0.859. The molecule has 1 aliphatic carbocycles. The second kappa shape index (κ2) is 6.93. The van der Waals surface area contributed by atoms with Crippen molar-refractivity contribution in [3.8, 4) is 0 Å². The molecule has 2 nitrogen and oxygen atoms in total. The third-order valence-electron chi connectivity index (χ3n) is 5.28. The highest BCUT2D eigenvalue weighted by atomic mass is 15.1. The molecule has 4 atom stereocenters. The van der Waals surface area contributed by atoms with Crippen LogP contribution in [0.2, 0.25) is 0 Å². The van der Waals surface area contributed by atoms with E-state index in [1.54, 1.807) is 0 Å². The summed E-state index contributed by atoms with van der Waals surface area (Å²) in [6, 6.07) is 12.4. The van der Waals surface area contributed by atoms with E-state index in [1.807, 2.05) is 0 Å². The normalized spacial score (nSPS) is 31.0. The van der Waals surface area contributed by atoms with Crippen LogP contribution in [0.1, 0.15) is 51.0 Å². The van der Waals surface area contributed by atoms with Gasteiger partial charge in [0.15, 0.2) is 0 Å². The van der Waals surface area contributed by atoms with Gasteiger partial charge in [0.05, 0.1) is 0 Å². The van der Waals surface area contributed by atoms with Crippen molar-refractivity contribution in [1.29, 1.82) is 0 Å². The minimum atomic E-state index is 0.656. The maximum Gasteiger partial charge on any atom is 0.0145 e. The van der Waals surface area contributed by atoms with Crippen LogP contribution in [0.5, 0.6) is 0 Å². The monoisotopic (exact) mass is 286 g/mol. The molecule has 1 aromatic carbocycles. The average Bonchev–Trinajstić information content (AvgIpc) is 3.28. The molecule has 1 aromatic rings. The van der Waals surface area contributed by atoms with Gasteiger partial charge in [0.1, 0.15) is 0 Å². The van der Waals surface area contributed by atoms with E-state index in [-0.39, 0.29) is 0 Å². The molecule has 0 spiro atoms. The number of nitrogens with one attached hydrogen (secondary N) is 1. The fourth-order valence-corrected chi connectivity index (χ4v) is 3.94. The molecule has 1 saturated carbocycles. The molecule has 1 saturated heterocycles. The summed E-state index contributed by atoms with van der Waals surface area (Å²) in [4.78, 5) is 2.66. The SMILES string of the molecule is CCCN1CCCC(C(C)NC2CC2c2ccccc2)C1. The zero-order valence-corrected chi connectivity index (χ0v) is 13.6. The summed E-state index contributed by atoms with van der Waals surface area (Å²) in [6.45, 7) is 8.58. The Bertz CT molecular complexity index is 428. The number of hydrogen-bond acceptors (Lipinski definition) is 2. The molecule has 116 valence electrons. The second-order valence-corrected chi connectivity index (χ2v) is 7.02. The van der Waals surface area contributed by atoms with Gasteiger partial charge in [-0.1, -0.05) is 37.3 Å². The number of rotatable bonds is 6. The van der Waals surface area contributed by atoms with Crippen LogP contribution >= 0.6 is 0 Å². The van der Waals surface area contributed by atoms with Gasteiger partial charge in [-0.2, -0.15) is 0 Å². The number of nitrogens with zero attached hydrogens (tertiary/aromatic N) is 1. The van der Waals surface area contributed by atoms with Gasteiger partial charge in [-0.05, 0) is 57.2 Å². The van der Waals surface area contributed by atoms with Gasteiger partial charge in [0.2, 0.25) is 0 Å². The first-order chi connectivity index (χ1) is 10.3. The van der Waals surface area contributed by atoms with E-state index in [2.05, 4.69) is 54.4 Å². The largest absolute Gasteiger partial charge is 0.311 e. The topological polar surface area (TPSA) is 15.3 Å². The summed E-state index contributed by atoms with van der Waals surface area (Å²) < 4.78 is 0.